The van der Waals surface area contributed by atoms with Gasteiger partial charge in [0, 0.05) is 11.6 Å². The van der Waals surface area contributed by atoms with E-state index in [4.69, 9.17) is 0 Å². The van der Waals surface area contributed by atoms with E-state index in [0.29, 0.717) is 0 Å². The highest BCUT2D eigenvalue weighted by molar-refractivity contribution is 7.80. The van der Waals surface area contributed by atoms with Gasteiger partial charge in [-0.2, -0.15) is 5.10 Å². The van der Waals surface area contributed by atoms with Crippen LogP contribution < -0.4 is 5.43 Å². The van der Waals surface area contributed by atoms with Crippen LogP contribution in [0.4, 0.5) is 0 Å². The van der Waals surface area contributed by atoms with Gasteiger partial charge in [-0.1, -0.05) is 18.3 Å². The largest absolute Gasteiger partial charge is 0.285 e. The van der Waals surface area contributed by atoms with Gasteiger partial charge in [0.05, 0.1) is 5.71 Å². The molecular formula is C6H6N2S. The fourth-order valence-corrected chi connectivity index (χ4v) is 0.599. The second-order valence-electron chi connectivity index (χ2n) is 1.50. The third-order valence-electron chi connectivity index (χ3n) is 0.863. The third-order valence-corrected chi connectivity index (χ3v) is 1.10. The van der Waals surface area contributed by atoms with Gasteiger partial charge in [0.25, 0.3) is 0 Å². The van der Waals surface area contributed by atoms with E-state index in [1.807, 2.05) is 18.2 Å². The molecule has 0 aromatic carbocycles. The van der Waals surface area contributed by atoms with Crippen molar-refractivity contribution in [3.63, 3.8) is 0 Å². The van der Waals surface area contributed by atoms with Crippen LogP contribution in [-0.2, 0) is 0 Å². The number of rotatable bonds is 1. The summed E-state index contributed by atoms with van der Waals surface area (Å²) in [5.74, 6) is 0. The van der Waals surface area contributed by atoms with Crippen LogP contribution in [0, 0.1) is 0 Å². The highest BCUT2D eigenvalue weighted by Crippen LogP contribution is 1.84. The minimum atomic E-state index is 0.773. The number of hydrogen-bond donors (Lipinski definition) is 1. The summed E-state index contributed by atoms with van der Waals surface area (Å²) < 4.78 is 0. The Hall–Kier alpha value is -0.960. The molecule has 0 aliphatic carbocycles. The first-order chi connectivity index (χ1) is 4.43. The molecule has 0 atom stereocenters. The molecule has 1 aliphatic heterocycles. The average Bonchev–Trinajstić information content (AvgIpc) is 2.13. The Balaban J connectivity index is 2.74. The van der Waals surface area contributed by atoms with Gasteiger partial charge in [-0.15, -0.1) is 0 Å². The summed E-state index contributed by atoms with van der Waals surface area (Å²) in [6.07, 6.45) is 7.31. The van der Waals surface area contributed by atoms with Gasteiger partial charge in [0.15, 0.2) is 0 Å². The SMILES string of the molecule is S=CC1=NNC=CC=C1. The van der Waals surface area contributed by atoms with Crippen molar-refractivity contribution in [1.29, 1.82) is 0 Å². The summed E-state index contributed by atoms with van der Waals surface area (Å²) in [5, 5.41) is 5.40. The van der Waals surface area contributed by atoms with E-state index in [1.165, 1.54) is 5.37 Å². The van der Waals surface area contributed by atoms with Crippen LogP contribution in [0.25, 0.3) is 0 Å². The number of nitrogens with zero attached hydrogens (tertiary/aromatic N) is 1. The summed E-state index contributed by atoms with van der Waals surface area (Å²) in [5.41, 5.74) is 3.47. The lowest BCUT2D eigenvalue weighted by Gasteiger charge is -1.86. The molecule has 0 saturated heterocycles. The normalized spacial score (nSPS) is 15.8. The van der Waals surface area contributed by atoms with E-state index in [-0.39, 0.29) is 0 Å². The maximum Gasteiger partial charge on any atom is 0.0940 e. The second-order valence-corrected chi connectivity index (χ2v) is 1.74. The van der Waals surface area contributed by atoms with Crippen molar-refractivity contribution < 1.29 is 0 Å². The van der Waals surface area contributed by atoms with Crippen LogP contribution >= 0.6 is 12.2 Å². The van der Waals surface area contributed by atoms with Crippen LogP contribution in [0.1, 0.15) is 0 Å². The minimum Gasteiger partial charge on any atom is -0.285 e. The molecule has 0 amide bonds. The highest BCUT2D eigenvalue weighted by atomic mass is 32.1. The molecule has 0 bridgehead atoms. The Bertz CT molecular complexity index is 191. The van der Waals surface area contributed by atoms with Crippen molar-refractivity contribution in [2.24, 2.45) is 5.10 Å². The average molecular weight is 138 g/mol. The van der Waals surface area contributed by atoms with E-state index < -0.39 is 0 Å². The Morgan fingerprint density at radius 1 is 1.56 bits per heavy atom. The molecule has 0 aromatic heterocycles. The monoisotopic (exact) mass is 138 g/mol. The lowest BCUT2D eigenvalue weighted by Crippen LogP contribution is -1.99. The van der Waals surface area contributed by atoms with Gasteiger partial charge in [0.1, 0.15) is 0 Å². The van der Waals surface area contributed by atoms with Gasteiger partial charge in [0.2, 0.25) is 0 Å². The van der Waals surface area contributed by atoms with Crippen LogP contribution in [-0.4, -0.2) is 11.1 Å². The van der Waals surface area contributed by atoms with Gasteiger partial charge < -0.3 is 0 Å². The summed E-state index contributed by atoms with van der Waals surface area (Å²) in [7, 11) is 0. The molecular weight excluding hydrogens is 132 g/mol. The number of hydrazone groups is 1. The van der Waals surface area contributed by atoms with E-state index in [0.717, 1.165) is 5.71 Å². The van der Waals surface area contributed by atoms with E-state index in [1.54, 1.807) is 6.20 Å². The van der Waals surface area contributed by atoms with Crippen molar-refractivity contribution in [2.45, 2.75) is 0 Å². The van der Waals surface area contributed by atoms with Gasteiger partial charge >= 0.3 is 0 Å². The molecule has 1 heterocycles. The summed E-state index contributed by atoms with van der Waals surface area (Å²) in [6.45, 7) is 0. The smallest absolute Gasteiger partial charge is 0.0940 e. The number of allylic oxidation sites excluding steroid dienone is 3. The van der Waals surface area contributed by atoms with E-state index in [2.05, 4.69) is 22.7 Å². The summed E-state index contributed by atoms with van der Waals surface area (Å²) >= 11 is 4.66. The van der Waals surface area contributed by atoms with E-state index >= 15 is 0 Å². The zero-order valence-corrected chi connectivity index (χ0v) is 5.56. The lowest BCUT2D eigenvalue weighted by atomic mass is 10.4. The van der Waals surface area contributed by atoms with Crippen LogP contribution in [0.2, 0.25) is 0 Å². The maximum absolute atomic E-state index is 4.66. The molecule has 0 radical (unpaired) electrons. The second kappa shape index (κ2) is 3.14. The molecule has 0 unspecified atom stereocenters. The number of thiocarbonyl (C=S) groups is 1. The Kier molecular flexibility index (Phi) is 2.15. The topological polar surface area (TPSA) is 24.4 Å². The zero-order valence-electron chi connectivity index (χ0n) is 4.74. The number of nitrogens with one attached hydrogen (secondary N) is 1. The third kappa shape index (κ3) is 1.77. The van der Waals surface area contributed by atoms with E-state index in [9.17, 15) is 0 Å². The summed E-state index contributed by atoms with van der Waals surface area (Å²) in [6, 6.07) is 0. The minimum absolute atomic E-state index is 0.773. The van der Waals surface area contributed by atoms with Crippen molar-refractivity contribution in [3.8, 4) is 0 Å². The number of hydrogen-bond acceptors (Lipinski definition) is 3. The molecule has 3 heteroatoms. The first-order valence-electron chi connectivity index (χ1n) is 2.55. The Morgan fingerprint density at radius 3 is 3.22 bits per heavy atom. The molecule has 0 aromatic rings. The molecule has 1 aliphatic rings. The quantitative estimate of drug-likeness (QED) is 0.547. The van der Waals surface area contributed by atoms with Crippen LogP contribution in [0.15, 0.2) is 29.5 Å². The van der Waals surface area contributed by atoms with Crippen molar-refractivity contribution in [3.05, 3.63) is 24.4 Å². The summed E-state index contributed by atoms with van der Waals surface area (Å²) in [4.78, 5) is 0. The fourth-order valence-electron chi connectivity index (χ4n) is 0.467. The van der Waals surface area contributed by atoms with Gasteiger partial charge in [-0.3, -0.25) is 5.43 Å². The van der Waals surface area contributed by atoms with Gasteiger partial charge in [-0.25, -0.2) is 0 Å². The zero-order chi connectivity index (χ0) is 6.53. The predicted octanol–water partition coefficient (Wildman–Crippen LogP) is 1.02. The molecule has 2 nitrogen and oxygen atoms in total. The highest BCUT2D eigenvalue weighted by Gasteiger charge is 1.85. The molecule has 9 heavy (non-hydrogen) atoms. The predicted molar refractivity (Wildman–Crippen MR) is 42.5 cm³/mol. The molecule has 1 rings (SSSR count). The fraction of sp³-hybridized carbons (Fsp3) is 0. The van der Waals surface area contributed by atoms with Crippen molar-refractivity contribution >= 4 is 23.3 Å². The maximum atomic E-state index is 4.66. The first-order valence-corrected chi connectivity index (χ1v) is 3.02. The van der Waals surface area contributed by atoms with Crippen LogP contribution in [0.3, 0.4) is 0 Å². The van der Waals surface area contributed by atoms with Crippen molar-refractivity contribution in [1.82, 2.24) is 5.43 Å². The lowest BCUT2D eigenvalue weighted by molar-refractivity contribution is 0.977. The van der Waals surface area contributed by atoms with Crippen LogP contribution in [0.5, 0.6) is 0 Å². The molecule has 0 spiro atoms. The molecule has 0 fully saturated rings. The standard InChI is InChI=1S/C6H6N2S/c9-5-6-3-1-2-4-7-8-6/h1-5,7H. The molecule has 46 valence electrons. The molecule has 0 saturated carbocycles. The van der Waals surface area contributed by atoms with Crippen molar-refractivity contribution in [2.75, 3.05) is 0 Å². The Morgan fingerprint density at radius 2 is 2.44 bits per heavy atom. The Labute approximate surface area is 59.0 Å². The first kappa shape index (κ1) is 6.16. The molecule has 1 N–H and O–H groups in total. The van der Waals surface area contributed by atoms with Gasteiger partial charge in [-0.05, 0) is 12.2 Å².